The summed E-state index contributed by atoms with van der Waals surface area (Å²) in [5.74, 6) is -14.9. The molecule has 2 spiro atoms. The number of fused-ring (bicyclic) bond motifs is 15. The molecular weight excluding hydrogens is 1070 g/mol. The molecule has 13 rings (SSSR count). The van der Waals surface area contributed by atoms with Crippen LogP contribution in [0.25, 0.3) is 0 Å². The highest BCUT2D eigenvalue weighted by atomic mass is 19.1. The van der Waals surface area contributed by atoms with Gasteiger partial charge in [0.1, 0.15) is 23.7 Å². The molecule has 8 fully saturated rings. The van der Waals surface area contributed by atoms with Gasteiger partial charge in [-0.15, -0.1) is 0 Å². The Bertz CT molecular complexity index is 3340. The number of hydrogen-bond donors (Lipinski definition) is 5. The second-order valence-electron chi connectivity index (χ2n) is 25.5. The Kier molecular flexibility index (Phi) is 11.7. The van der Waals surface area contributed by atoms with Gasteiger partial charge in [-0.05, 0) is 96.8 Å². The van der Waals surface area contributed by atoms with Crippen LogP contribution in [-0.2, 0) is 53.3 Å². The highest BCUT2D eigenvalue weighted by Gasteiger charge is 2.92. The summed E-state index contributed by atoms with van der Waals surface area (Å²) < 4.78 is 78.7. The summed E-state index contributed by atoms with van der Waals surface area (Å²) >= 11 is 0. The lowest BCUT2D eigenvalue weighted by Crippen LogP contribution is -2.74. The van der Waals surface area contributed by atoms with E-state index in [2.05, 4.69) is 24.5 Å². The van der Waals surface area contributed by atoms with E-state index in [0.717, 1.165) is 38.1 Å². The topological polar surface area (TPSA) is 285 Å². The molecule has 20 nitrogen and oxygen atoms in total. The van der Waals surface area contributed by atoms with E-state index >= 15 is 8.78 Å². The van der Waals surface area contributed by atoms with Crippen LogP contribution < -0.4 is 24.8 Å². The van der Waals surface area contributed by atoms with Gasteiger partial charge >= 0.3 is 29.8 Å². The van der Waals surface area contributed by atoms with E-state index < -0.39 is 170 Å². The first-order valence-electron chi connectivity index (χ1n) is 28.0. The predicted octanol–water partition coefficient (Wildman–Crippen LogP) is 4.89. The largest absolute Gasteiger partial charge is 0.462 e. The van der Waals surface area contributed by atoms with E-state index in [9.17, 15) is 48.9 Å². The SMILES string of the molecule is CC(=O)Oc1cc2c(cc1F)C1(OC(=O)c3cc(C(=O)NCCC(=O)N[C@@H]4[C@H](O)[C@H]5[C@@H]6[C@@H](O)C7[C@H]([C@H](C)C8O[C@]89OC(=O)[C@@](C)(O)[C@]79C)[C@@]6(C)[C@@H](C)[C@@H](OC(C)=O)[C@@H]5[C@]5(C)[C@@H]4C[C@@H]4O[C@@H]4[C@@H]5C)ccc31)c1cc(F)c(OC(C)=O)cc1O2. The van der Waals surface area contributed by atoms with E-state index in [4.69, 9.17) is 37.9 Å². The summed E-state index contributed by atoms with van der Waals surface area (Å²) in [5.41, 5.74) is -7.68. The molecule has 0 radical (unpaired) electrons. The summed E-state index contributed by atoms with van der Waals surface area (Å²) in [6, 6.07) is 7.00. The van der Waals surface area contributed by atoms with Crippen LogP contribution in [0.4, 0.5) is 8.78 Å². The minimum absolute atomic E-state index is 0.0475. The van der Waals surface area contributed by atoms with Crippen molar-refractivity contribution in [3.05, 3.63) is 81.9 Å². The second-order valence-corrected chi connectivity index (χ2v) is 25.5. The van der Waals surface area contributed by atoms with Crippen LogP contribution in [0.5, 0.6) is 23.0 Å². The van der Waals surface area contributed by atoms with Crippen LogP contribution in [-0.4, -0.2) is 118 Å². The number of nitrogens with one attached hydrogen (secondary N) is 2. The van der Waals surface area contributed by atoms with Crippen LogP contribution >= 0.6 is 0 Å². The van der Waals surface area contributed by atoms with Crippen LogP contribution in [0.15, 0.2) is 42.5 Å². The molecule has 3 aromatic rings. The lowest BCUT2D eigenvalue weighted by Gasteiger charge is -2.68. The van der Waals surface area contributed by atoms with Crippen LogP contribution in [0.2, 0.25) is 0 Å². The van der Waals surface area contributed by atoms with Gasteiger partial charge in [0, 0.05) is 68.8 Å². The third kappa shape index (κ3) is 6.83. The number of epoxide rings is 2. The van der Waals surface area contributed by atoms with Crippen molar-refractivity contribution in [2.75, 3.05) is 6.54 Å². The maximum absolute atomic E-state index is 15.7. The number of aliphatic hydroxyl groups excluding tert-OH is 2. The van der Waals surface area contributed by atoms with E-state index in [1.54, 1.807) is 6.92 Å². The zero-order valence-electron chi connectivity index (χ0n) is 46.6. The molecule has 5 aliphatic carbocycles. The number of carbonyl (C=O) groups excluding carboxylic acids is 7. The lowest BCUT2D eigenvalue weighted by molar-refractivity contribution is -0.259. The molecule has 22 heteroatoms. The van der Waals surface area contributed by atoms with Crippen molar-refractivity contribution in [3.63, 3.8) is 0 Å². The third-order valence-electron chi connectivity index (χ3n) is 22.2. The normalized spacial score (nSPS) is 42.0. The predicted molar refractivity (Wildman–Crippen MR) is 274 cm³/mol. The summed E-state index contributed by atoms with van der Waals surface area (Å²) in [6.45, 7) is 16.6. The molecule has 5 heterocycles. The Morgan fingerprint density at radius 1 is 0.756 bits per heavy atom. The number of carbonyl (C=O) groups is 7. The number of ether oxygens (including phenoxy) is 8. The molecule has 0 bridgehead atoms. The molecule has 5 aliphatic heterocycles. The van der Waals surface area contributed by atoms with E-state index in [1.165, 1.54) is 32.0 Å². The number of amides is 2. The first kappa shape index (κ1) is 54.6. The molecule has 2 unspecified atom stereocenters. The summed E-state index contributed by atoms with van der Waals surface area (Å²) in [5, 5.41) is 44.6. The average Bonchev–Trinajstić information content (AvgIpc) is 1.48. The van der Waals surface area contributed by atoms with Crippen molar-refractivity contribution in [2.45, 2.75) is 142 Å². The quantitative estimate of drug-likeness (QED) is 0.0868. The molecule has 436 valence electrons. The molecule has 21 atom stereocenters. The Morgan fingerprint density at radius 3 is 2.00 bits per heavy atom. The van der Waals surface area contributed by atoms with E-state index in [0.29, 0.717) is 6.42 Å². The zero-order chi connectivity index (χ0) is 58.8. The summed E-state index contributed by atoms with van der Waals surface area (Å²) in [4.78, 5) is 93.1. The number of rotatable bonds is 8. The molecule has 5 saturated carbocycles. The number of halogens is 2. The van der Waals surface area contributed by atoms with Crippen molar-refractivity contribution in [1.82, 2.24) is 10.6 Å². The first-order chi connectivity index (χ1) is 38.5. The van der Waals surface area contributed by atoms with Crippen LogP contribution in [0, 0.1) is 81.1 Å². The number of hydrogen-bond acceptors (Lipinski definition) is 18. The molecule has 0 aromatic heterocycles. The highest BCUT2D eigenvalue weighted by molar-refractivity contribution is 6.02. The fraction of sp³-hybridized carbons (Fsp3) is 0.583. The van der Waals surface area contributed by atoms with Gasteiger partial charge in [0.15, 0.2) is 34.3 Å². The Hall–Kier alpha value is -6.59. The van der Waals surface area contributed by atoms with Crippen molar-refractivity contribution in [1.29, 1.82) is 0 Å². The third-order valence-corrected chi connectivity index (χ3v) is 22.2. The van der Waals surface area contributed by atoms with Gasteiger partial charge < -0.3 is 63.8 Å². The number of benzene rings is 3. The van der Waals surface area contributed by atoms with E-state index in [-0.39, 0.29) is 76.3 Å². The van der Waals surface area contributed by atoms with Crippen LogP contribution in [0.3, 0.4) is 0 Å². The Morgan fingerprint density at radius 2 is 1.39 bits per heavy atom. The number of aliphatic hydroxyl groups is 3. The van der Waals surface area contributed by atoms with Crippen molar-refractivity contribution < 1.29 is 95.6 Å². The fourth-order valence-electron chi connectivity index (χ4n) is 18.4. The maximum atomic E-state index is 15.7. The van der Waals surface area contributed by atoms with Gasteiger partial charge in [-0.1, -0.05) is 40.7 Å². The molecule has 2 amide bonds. The average molecular weight is 1140 g/mol. The van der Waals surface area contributed by atoms with Gasteiger partial charge in [-0.3, -0.25) is 24.0 Å². The molecule has 5 N–H and O–H groups in total. The monoisotopic (exact) mass is 1140 g/mol. The lowest BCUT2D eigenvalue weighted by atomic mass is 9.38. The zero-order valence-corrected chi connectivity index (χ0v) is 46.6. The maximum Gasteiger partial charge on any atom is 0.341 e. The molecule has 82 heavy (non-hydrogen) atoms. The first-order valence-corrected chi connectivity index (χ1v) is 28.0. The molecular formula is C60H64F2N2O18. The van der Waals surface area contributed by atoms with Crippen LogP contribution in [0.1, 0.15) is 119 Å². The minimum Gasteiger partial charge on any atom is -0.462 e. The summed E-state index contributed by atoms with van der Waals surface area (Å²) in [7, 11) is 0. The van der Waals surface area contributed by atoms with Crippen molar-refractivity contribution in [2.24, 2.45) is 69.5 Å². The Balaban J connectivity index is 0.790. The minimum atomic E-state index is -2.10. The second kappa shape index (κ2) is 17.5. The standard InChI is InChI=1S/C60H64F2N2O18/c1-21-42-45(57(9)58(10,74)54(73)82-60(57)51(21)80-60)48(70)43-41-44(50(77-26(6)67)23(3)56(42,43)8)55(7)22(2)49-39(79-49)18-32(55)46(47(41)69)64-40(68)13-14-63-52(71)27-11-12-29-28(15-27)53(72)81-59(29)30-16-33(61)37(75-24(4)65)19-35(30)78-36-20-38(76-25(5)66)34(62)17-31(36)59/h11-12,15-17,19-23,32,39,41-51,69-70,74H,13-14,18H2,1-10H3,(H,63,71)(H,64,68)/t21-,22-,23-,32+,39-,41-,42-,43+,44+,45?,46-,47+,48+,49+,50+,51?,55-,56+,57-,58+,60-/m0/s1. The van der Waals surface area contributed by atoms with Gasteiger partial charge in [0.05, 0.1) is 52.6 Å². The molecule has 10 aliphatic rings. The fourth-order valence-corrected chi connectivity index (χ4v) is 18.4. The smallest absolute Gasteiger partial charge is 0.341 e. The number of esters is 5. The van der Waals surface area contributed by atoms with Gasteiger partial charge in [-0.2, -0.15) is 0 Å². The van der Waals surface area contributed by atoms with Crippen molar-refractivity contribution >= 4 is 41.7 Å². The van der Waals surface area contributed by atoms with E-state index in [1.807, 2.05) is 20.8 Å². The highest BCUT2D eigenvalue weighted by Crippen LogP contribution is 2.81. The van der Waals surface area contributed by atoms with Gasteiger partial charge in [-0.25, -0.2) is 18.4 Å². The van der Waals surface area contributed by atoms with Gasteiger partial charge in [0.2, 0.25) is 11.7 Å². The summed E-state index contributed by atoms with van der Waals surface area (Å²) in [6.07, 6.45) is -4.07. The van der Waals surface area contributed by atoms with Crippen molar-refractivity contribution in [3.8, 4) is 23.0 Å². The molecule has 3 saturated heterocycles. The Labute approximate surface area is 469 Å². The van der Waals surface area contributed by atoms with Gasteiger partial charge in [0.25, 0.3) is 5.91 Å². The molecule has 3 aromatic carbocycles.